The van der Waals surface area contributed by atoms with E-state index < -0.39 is 21.5 Å². The van der Waals surface area contributed by atoms with E-state index in [4.69, 9.17) is 0 Å². The van der Waals surface area contributed by atoms with Crippen molar-refractivity contribution in [3.8, 4) is 0 Å². The van der Waals surface area contributed by atoms with E-state index in [-0.39, 0.29) is 29.6 Å². The molecule has 176 valence electrons. The van der Waals surface area contributed by atoms with Gasteiger partial charge in [0, 0.05) is 0 Å². The number of unbranched alkanes of at least 4 members (excludes halogenated alkanes) is 16. The second kappa shape index (κ2) is 23.0. The standard InChI is InChI=1S/C24H50O4S.Na/c1-3-5-7-9-11-12-13-14-16-18-20-22-24(29(26,27)28)23(25)21-19-17-15-10-8-6-4-2;/h23-25H,3-22H2,1-2H3,(H,26,27,28);/q;+1/p-1. The van der Waals surface area contributed by atoms with Crippen molar-refractivity contribution in [2.45, 2.75) is 154 Å². The van der Waals surface area contributed by atoms with E-state index in [1.54, 1.807) is 0 Å². The van der Waals surface area contributed by atoms with Gasteiger partial charge in [0.05, 0.1) is 11.4 Å². The molecule has 0 aliphatic carbocycles. The SMILES string of the molecule is CCCCCCCCCCCCCC(C(O)CCCCCCCCC)S(=O)(=O)[O-].[Na+]. The van der Waals surface area contributed by atoms with Crippen molar-refractivity contribution < 1.29 is 47.6 Å². The second-order valence-corrected chi connectivity index (χ2v) is 10.4. The molecule has 0 amide bonds. The fourth-order valence-electron chi connectivity index (χ4n) is 4.04. The Labute approximate surface area is 210 Å². The summed E-state index contributed by atoms with van der Waals surface area (Å²) in [5.41, 5.74) is 0. The molecule has 4 nitrogen and oxygen atoms in total. The zero-order valence-electron chi connectivity index (χ0n) is 20.4. The molecule has 0 aromatic rings. The maximum atomic E-state index is 11.6. The molecule has 0 aromatic carbocycles. The number of hydrogen-bond acceptors (Lipinski definition) is 4. The molecule has 0 spiro atoms. The van der Waals surface area contributed by atoms with Crippen LogP contribution in [0.1, 0.15) is 142 Å². The average molecular weight is 457 g/mol. The van der Waals surface area contributed by atoms with E-state index in [0.29, 0.717) is 12.8 Å². The predicted octanol–water partition coefficient (Wildman–Crippen LogP) is 4.11. The molecule has 0 aliphatic heterocycles. The van der Waals surface area contributed by atoms with E-state index in [1.807, 2.05) is 0 Å². The van der Waals surface area contributed by atoms with E-state index in [1.165, 1.54) is 77.0 Å². The third-order valence-electron chi connectivity index (χ3n) is 6.00. The Kier molecular flexibility index (Phi) is 25.4. The van der Waals surface area contributed by atoms with Crippen LogP contribution in [0.4, 0.5) is 0 Å². The molecule has 0 bridgehead atoms. The van der Waals surface area contributed by atoms with Crippen LogP contribution in [0.5, 0.6) is 0 Å². The van der Waals surface area contributed by atoms with Crippen LogP contribution < -0.4 is 29.6 Å². The first-order chi connectivity index (χ1) is 13.9. The molecule has 0 fully saturated rings. The van der Waals surface area contributed by atoms with Gasteiger partial charge in [-0.3, -0.25) is 0 Å². The molecule has 30 heavy (non-hydrogen) atoms. The molecule has 0 heterocycles. The van der Waals surface area contributed by atoms with Crippen LogP contribution in [-0.4, -0.2) is 29.4 Å². The van der Waals surface area contributed by atoms with Crippen molar-refractivity contribution in [2.24, 2.45) is 0 Å². The predicted molar refractivity (Wildman–Crippen MR) is 123 cm³/mol. The largest absolute Gasteiger partial charge is 1.00 e. The van der Waals surface area contributed by atoms with E-state index in [0.717, 1.165) is 38.5 Å². The fourth-order valence-corrected chi connectivity index (χ4v) is 5.01. The van der Waals surface area contributed by atoms with Crippen LogP contribution >= 0.6 is 0 Å². The summed E-state index contributed by atoms with van der Waals surface area (Å²) >= 11 is 0. The van der Waals surface area contributed by atoms with Gasteiger partial charge in [0.25, 0.3) is 0 Å². The van der Waals surface area contributed by atoms with Crippen LogP contribution in [0.2, 0.25) is 0 Å². The zero-order chi connectivity index (χ0) is 21.8. The molecule has 1 N–H and O–H groups in total. The van der Waals surface area contributed by atoms with Crippen molar-refractivity contribution in [1.82, 2.24) is 0 Å². The van der Waals surface area contributed by atoms with E-state index in [9.17, 15) is 18.1 Å². The van der Waals surface area contributed by atoms with Gasteiger partial charge in [0.1, 0.15) is 10.1 Å². The first kappa shape index (κ1) is 33.0. The summed E-state index contributed by atoms with van der Waals surface area (Å²) in [7, 11) is -4.43. The average Bonchev–Trinajstić information content (AvgIpc) is 2.67. The minimum atomic E-state index is -4.43. The summed E-state index contributed by atoms with van der Waals surface area (Å²) < 4.78 is 34.7. The number of aliphatic hydroxyl groups is 1. The van der Waals surface area contributed by atoms with Crippen LogP contribution in [0, 0.1) is 0 Å². The second-order valence-electron chi connectivity index (χ2n) is 8.83. The Balaban J connectivity index is 0. The van der Waals surface area contributed by atoms with Crippen molar-refractivity contribution >= 4 is 10.1 Å². The molecule has 0 saturated carbocycles. The van der Waals surface area contributed by atoms with E-state index in [2.05, 4.69) is 13.8 Å². The first-order valence-electron chi connectivity index (χ1n) is 12.6. The molecule has 2 unspecified atom stereocenters. The van der Waals surface area contributed by atoms with Crippen molar-refractivity contribution in [3.63, 3.8) is 0 Å². The number of rotatable bonds is 22. The normalized spacial score (nSPS) is 13.7. The van der Waals surface area contributed by atoms with Crippen molar-refractivity contribution in [2.75, 3.05) is 0 Å². The smallest absolute Gasteiger partial charge is 0.748 e. The van der Waals surface area contributed by atoms with Gasteiger partial charge in [-0.2, -0.15) is 0 Å². The third kappa shape index (κ3) is 20.8. The first-order valence-corrected chi connectivity index (χ1v) is 14.0. The summed E-state index contributed by atoms with van der Waals surface area (Å²) in [6, 6.07) is 0. The summed E-state index contributed by atoms with van der Waals surface area (Å²) in [5.74, 6) is 0. The maximum absolute atomic E-state index is 11.6. The maximum Gasteiger partial charge on any atom is 1.00 e. The van der Waals surface area contributed by atoms with Gasteiger partial charge >= 0.3 is 29.6 Å². The van der Waals surface area contributed by atoms with Gasteiger partial charge in [-0.05, 0) is 12.8 Å². The molecular formula is C24H49NaO4S. The molecule has 0 aromatic heterocycles. The van der Waals surface area contributed by atoms with Crippen LogP contribution in [0.15, 0.2) is 0 Å². The Hall–Kier alpha value is 0.870. The van der Waals surface area contributed by atoms with Crippen LogP contribution in [0.3, 0.4) is 0 Å². The van der Waals surface area contributed by atoms with Gasteiger partial charge in [-0.25, -0.2) is 8.42 Å². The minimum Gasteiger partial charge on any atom is -0.748 e. The summed E-state index contributed by atoms with van der Waals surface area (Å²) in [5, 5.41) is 9.14. The molecular weight excluding hydrogens is 407 g/mol. The molecule has 0 radical (unpaired) electrons. The Morgan fingerprint density at radius 2 is 0.900 bits per heavy atom. The molecule has 6 heteroatoms. The number of hydrogen-bond donors (Lipinski definition) is 1. The molecule has 0 rings (SSSR count). The van der Waals surface area contributed by atoms with Gasteiger partial charge in [0.2, 0.25) is 0 Å². The topological polar surface area (TPSA) is 77.4 Å². The summed E-state index contributed by atoms with van der Waals surface area (Å²) in [6.07, 6.45) is 20.7. The van der Waals surface area contributed by atoms with Crippen molar-refractivity contribution in [1.29, 1.82) is 0 Å². The van der Waals surface area contributed by atoms with Gasteiger partial charge in [-0.1, -0.05) is 129 Å². The molecule has 0 saturated heterocycles. The Morgan fingerprint density at radius 3 is 1.23 bits per heavy atom. The molecule has 0 aliphatic rings. The zero-order valence-corrected chi connectivity index (χ0v) is 23.2. The summed E-state index contributed by atoms with van der Waals surface area (Å²) in [6.45, 7) is 4.42. The Bertz CT molecular complexity index is 442. The van der Waals surface area contributed by atoms with Crippen molar-refractivity contribution in [3.05, 3.63) is 0 Å². The fraction of sp³-hybridized carbons (Fsp3) is 1.00. The third-order valence-corrected chi connectivity index (χ3v) is 7.29. The quantitative estimate of drug-likeness (QED) is 0.151. The number of aliphatic hydroxyl groups excluding tert-OH is 1. The summed E-state index contributed by atoms with van der Waals surface area (Å²) in [4.78, 5) is 0. The van der Waals surface area contributed by atoms with Gasteiger partial charge in [0.15, 0.2) is 0 Å². The Morgan fingerprint density at radius 1 is 0.600 bits per heavy atom. The van der Waals surface area contributed by atoms with Gasteiger partial charge < -0.3 is 9.66 Å². The monoisotopic (exact) mass is 456 g/mol. The van der Waals surface area contributed by atoms with Crippen LogP contribution in [-0.2, 0) is 10.1 Å². The van der Waals surface area contributed by atoms with E-state index >= 15 is 0 Å². The van der Waals surface area contributed by atoms with Crippen LogP contribution in [0.25, 0.3) is 0 Å². The minimum absolute atomic E-state index is 0. The molecule has 2 atom stereocenters. The van der Waals surface area contributed by atoms with Gasteiger partial charge in [-0.15, -0.1) is 0 Å².